The van der Waals surface area contributed by atoms with Crippen LogP contribution in [-0.4, -0.2) is 27.7 Å². The van der Waals surface area contributed by atoms with E-state index in [9.17, 15) is 14.4 Å². The van der Waals surface area contributed by atoms with Gasteiger partial charge in [0.05, 0.1) is 17.4 Å². The Labute approximate surface area is 172 Å². The van der Waals surface area contributed by atoms with E-state index in [1.54, 1.807) is 18.3 Å². The summed E-state index contributed by atoms with van der Waals surface area (Å²) in [6.45, 7) is 0. The molecule has 3 aliphatic carbocycles. The Morgan fingerprint density at radius 2 is 1.27 bits per heavy atom. The van der Waals surface area contributed by atoms with E-state index in [1.165, 1.54) is 6.20 Å². The van der Waals surface area contributed by atoms with Crippen molar-refractivity contribution in [1.82, 2.24) is 15.4 Å². The van der Waals surface area contributed by atoms with E-state index in [0.29, 0.717) is 5.56 Å². The second-order valence-electron chi connectivity index (χ2n) is 7.96. The van der Waals surface area contributed by atoms with Gasteiger partial charge in [-0.05, 0) is 34.4 Å². The lowest BCUT2D eigenvalue weighted by atomic mass is 9.55. The van der Waals surface area contributed by atoms with Crippen LogP contribution in [0.2, 0.25) is 0 Å². The number of nitrogens with one attached hydrogen (secondary N) is 1. The van der Waals surface area contributed by atoms with Crippen molar-refractivity contribution in [3.05, 3.63) is 101 Å². The third-order valence-electron chi connectivity index (χ3n) is 6.59. The Morgan fingerprint density at radius 1 is 0.767 bits per heavy atom. The number of hydrazine groups is 1. The van der Waals surface area contributed by atoms with E-state index in [2.05, 4.69) is 10.4 Å². The number of hydrogen-bond donors (Lipinski definition) is 1. The molecule has 2 heterocycles. The maximum absolute atomic E-state index is 13.4. The maximum Gasteiger partial charge on any atom is 0.271 e. The van der Waals surface area contributed by atoms with E-state index in [0.717, 1.165) is 27.3 Å². The molecule has 7 rings (SSSR count). The number of carbonyl (C=O) groups is 3. The Bertz CT molecular complexity index is 1110. The third-order valence-corrected chi connectivity index (χ3v) is 6.59. The van der Waals surface area contributed by atoms with Crippen molar-refractivity contribution in [1.29, 1.82) is 0 Å². The zero-order valence-electron chi connectivity index (χ0n) is 15.9. The number of amides is 3. The molecule has 2 aromatic carbocycles. The predicted molar refractivity (Wildman–Crippen MR) is 107 cm³/mol. The summed E-state index contributed by atoms with van der Waals surface area (Å²) in [5.41, 5.74) is 7.23. The first-order valence-electron chi connectivity index (χ1n) is 9.93. The second kappa shape index (κ2) is 6.10. The van der Waals surface area contributed by atoms with Gasteiger partial charge in [0.1, 0.15) is 0 Å². The summed E-state index contributed by atoms with van der Waals surface area (Å²) in [5, 5.41) is 0.933. The van der Waals surface area contributed by atoms with Crippen LogP contribution in [0, 0.1) is 11.8 Å². The Kier molecular flexibility index (Phi) is 3.47. The Morgan fingerprint density at radius 3 is 1.70 bits per heavy atom. The SMILES string of the molecule is O=C(NN1C(=O)[C@@H]2C3c4ccccc4C(c4ccccc43)[C@@H]2C1=O)c1cccnc1. The van der Waals surface area contributed by atoms with Gasteiger partial charge in [-0.1, -0.05) is 48.5 Å². The standard InChI is InChI=1S/C24H17N3O3/c28-22(13-6-5-11-25-12-13)26-27-23(29)20-18-14-7-1-2-8-15(14)19(21(20)24(27)30)17-10-4-3-9-16(17)18/h1-12,18-21H,(H,26,28)/t18?,19?,20-,21+. The average molecular weight is 395 g/mol. The molecule has 3 aromatic rings. The van der Waals surface area contributed by atoms with Gasteiger partial charge in [-0.15, -0.1) is 0 Å². The van der Waals surface area contributed by atoms with Gasteiger partial charge < -0.3 is 0 Å². The number of benzene rings is 2. The van der Waals surface area contributed by atoms with Crippen molar-refractivity contribution in [2.45, 2.75) is 11.8 Å². The molecule has 4 aliphatic rings. The van der Waals surface area contributed by atoms with Crippen molar-refractivity contribution in [3.63, 3.8) is 0 Å². The average Bonchev–Trinajstić information content (AvgIpc) is 3.05. The van der Waals surface area contributed by atoms with Crippen molar-refractivity contribution in [2.24, 2.45) is 11.8 Å². The van der Waals surface area contributed by atoms with Crippen LogP contribution in [-0.2, 0) is 9.59 Å². The van der Waals surface area contributed by atoms with E-state index in [1.807, 2.05) is 48.5 Å². The van der Waals surface area contributed by atoms with E-state index < -0.39 is 17.7 Å². The fraction of sp³-hybridized carbons (Fsp3) is 0.167. The van der Waals surface area contributed by atoms with Crippen LogP contribution in [0.3, 0.4) is 0 Å². The Hall–Kier alpha value is -3.80. The van der Waals surface area contributed by atoms with Crippen LogP contribution < -0.4 is 5.43 Å². The van der Waals surface area contributed by atoms with E-state index in [4.69, 9.17) is 0 Å². The zero-order chi connectivity index (χ0) is 20.4. The molecule has 0 saturated carbocycles. The number of rotatable bonds is 2. The van der Waals surface area contributed by atoms with Crippen LogP contribution in [0.4, 0.5) is 0 Å². The highest BCUT2D eigenvalue weighted by atomic mass is 16.2. The number of nitrogens with zero attached hydrogens (tertiary/aromatic N) is 2. The molecule has 0 radical (unpaired) electrons. The number of hydrogen-bond acceptors (Lipinski definition) is 4. The van der Waals surface area contributed by atoms with Crippen LogP contribution >= 0.6 is 0 Å². The molecule has 30 heavy (non-hydrogen) atoms. The summed E-state index contributed by atoms with van der Waals surface area (Å²) in [5.74, 6) is -2.62. The zero-order valence-corrected chi connectivity index (χ0v) is 15.9. The monoisotopic (exact) mass is 395 g/mol. The molecule has 1 aromatic heterocycles. The van der Waals surface area contributed by atoms with Crippen molar-refractivity contribution in [3.8, 4) is 0 Å². The summed E-state index contributed by atoms with van der Waals surface area (Å²) < 4.78 is 0. The quantitative estimate of drug-likeness (QED) is 0.677. The van der Waals surface area contributed by atoms with Gasteiger partial charge in [-0.25, -0.2) is 0 Å². The molecule has 1 saturated heterocycles. The number of aromatic nitrogens is 1. The molecule has 1 N–H and O–H groups in total. The van der Waals surface area contributed by atoms with Gasteiger partial charge in [0.25, 0.3) is 17.7 Å². The molecule has 1 aliphatic heterocycles. The minimum atomic E-state index is -0.522. The molecule has 3 amide bonds. The van der Waals surface area contributed by atoms with Crippen molar-refractivity contribution < 1.29 is 14.4 Å². The summed E-state index contributed by atoms with van der Waals surface area (Å²) in [4.78, 5) is 43.3. The van der Waals surface area contributed by atoms with Crippen LogP contribution in [0.1, 0.15) is 44.4 Å². The van der Waals surface area contributed by atoms with Gasteiger partial charge in [0.2, 0.25) is 0 Å². The van der Waals surface area contributed by atoms with E-state index in [-0.39, 0.29) is 23.7 Å². The molecular weight excluding hydrogens is 378 g/mol. The molecule has 6 nitrogen and oxygen atoms in total. The van der Waals surface area contributed by atoms with Gasteiger partial charge in [-0.3, -0.25) is 24.8 Å². The predicted octanol–water partition coefficient (Wildman–Crippen LogP) is 2.62. The molecular formula is C24H17N3O3. The van der Waals surface area contributed by atoms with Crippen LogP contribution in [0.25, 0.3) is 0 Å². The van der Waals surface area contributed by atoms with Gasteiger partial charge in [0, 0.05) is 24.2 Å². The maximum atomic E-state index is 13.4. The van der Waals surface area contributed by atoms with E-state index >= 15 is 0 Å². The van der Waals surface area contributed by atoms with Gasteiger partial charge in [-0.2, -0.15) is 5.01 Å². The number of pyridine rings is 1. The fourth-order valence-corrected chi connectivity index (χ4v) is 5.45. The lowest BCUT2D eigenvalue weighted by Crippen LogP contribution is -2.46. The summed E-state index contributed by atoms with van der Waals surface area (Å²) in [6, 6.07) is 19.3. The van der Waals surface area contributed by atoms with Crippen LogP contribution in [0.15, 0.2) is 73.1 Å². The normalized spacial score (nSPS) is 25.5. The van der Waals surface area contributed by atoms with Gasteiger partial charge >= 0.3 is 0 Å². The first-order chi connectivity index (χ1) is 14.7. The first kappa shape index (κ1) is 17.1. The topological polar surface area (TPSA) is 79.4 Å². The van der Waals surface area contributed by atoms with Crippen LogP contribution in [0.5, 0.6) is 0 Å². The summed E-state index contributed by atoms with van der Waals surface area (Å²) >= 11 is 0. The first-order valence-corrected chi connectivity index (χ1v) is 9.93. The highest BCUT2D eigenvalue weighted by Crippen LogP contribution is 2.60. The molecule has 0 spiro atoms. The molecule has 6 heteroatoms. The smallest absolute Gasteiger partial charge is 0.271 e. The third kappa shape index (κ3) is 2.13. The summed E-state index contributed by atoms with van der Waals surface area (Å²) in [6.07, 6.45) is 2.96. The second-order valence-corrected chi connectivity index (χ2v) is 7.96. The van der Waals surface area contributed by atoms with Crippen molar-refractivity contribution >= 4 is 17.7 Å². The molecule has 146 valence electrons. The van der Waals surface area contributed by atoms with Crippen molar-refractivity contribution in [2.75, 3.05) is 0 Å². The highest BCUT2D eigenvalue weighted by Gasteiger charge is 2.62. The van der Waals surface area contributed by atoms with Gasteiger partial charge in [0.15, 0.2) is 0 Å². The highest BCUT2D eigenvalue weighted by molar-refractivity contribution is 6.09. The minimum Gasteiger partial charge on any atom is -0.272 e. The lowest BCUT2D eigenvalue weighted by molar-refractivity contribution is -0.142. The summed E-state index contributed by atoms with van der Waals surface area (Å²) in [7, 11) is 0. The molecule has 0 unspecified atom stereocenters. The Balaban J connectivity index is 1.44. The number of imide groups is 1. The minimum absolute atomic E-state index is 0.191. The largest absolute Gasteiger partial charge is 0.272 e. The lowest BCUT2D eigenvalue weighted by Gasteiger charge is -2.45. The molecule has 1 fully saturated rings. The number of carbonyl (C=O) groups excluding carboxylic acids is 3. The molecule has 2 bridgehead atoms. The fourth-order valence-electron chi connectivity index (χ4n) is 5.45. The molecule has 2 atom stereocenters.